The Balaban J connectivity index is 2.33. The minimum atomic E-state index is -3.39. The summed E-state index contributed by atoms with van der Waals surface area (Å²) in [4.78, 5) is 0. The summed E-state index contributed by atoms with van der Waals surface area (Å²) in [7, 11) is -3.39. The topological polar surface area (TPSA) is 49.4 Å². The quantitative estimate of drug-likeness (QED) is 0.919. The van der Waals surface area contributed by atoms with Crippen molar-refractivity contribution in [2.45, 2.75) is 24.1 Å². The van der Waals surface area contributed by atoms with Crippen molar-refractivity contribution >= 4 is 33.0 Å². The average Bonchev–Trinajstić information content (AvgIpc) is 2.53. The summed E-state index contributed by atoms with van der Waals surface area (Å²) in [5, 5.41) is 3.09. The fourth-order valence-corrected chi connectivity index (χ4v) is 5.25. The zero-order chi connectivity index (χ0) is 12.6. The summed E-state index contributed by atoms with van der Waals surface area (Å²) < 4.78 is 27.3. The van der Waals surface area contributed by atoms with Gasteiger partial charge >= 0.3 is 0 Å². The van der Waals surface area contributed by atoms with E-state index in [9.17, 15) is 8.42 Å². The van der Waals surface area contributed by atoms with Gasteiger partial charge in [0.1, 0.15) is 4.21 Å². The second-order valence-corrected chi connectivity index (χ2v) is 7.81. The first-order valence-corrected chi connectivity index (χ1v) is 8.08. The number of nitrogens with zero attached hydrogens (tertiary/aromatic N) is 1. The van der Waals surface area contributed by atoms with Gasteiger partial charge in [0.25, 0.3) is 10.0 Å². The lowest BCUT2D eigenvalue weighted by molar-refractivity contribution is 0.250. The van der Waals surface area contributed by atoms with Crippen molar-refractivity contribution in [2.75, 3.05) is 19.6 Å². The second kappa shape index (κ2) is 4.85. The summed E-state index contributed by atoms with van der Waals surface area (Å²) >= 11 is 7.07. The van der Waals surface area contributed by atoms with Crippen LogP contribution in [0.15, 0.2) is 10.3 Å². The highest BCUT2D eigenvalue weighted by Crippen LogP contribution is 2.32. The van der Waals surface area contributed by atoms with Crippen LogP contribution in [0, 0.1) is 6.92 Å². The molecule has 4 nitrogen and oxygen atoms in total. The van der Waals surface area contributed by atoms with Crippen LogP contribution >= 0.6 is 22.9 Å². The molecule has 0 atom stereocenters. The zero-order valence-corrected chi connectivity index (χ0v) is 12.1. The standard InChI is InChI=1S/C10H15ClN2O2S2/c1-3-13(8-5-12-6-8)17(14,15)9-4-7(2)10(11)16-9/h4,8,12H,3,5-6H2,1-2H3. The predicted octanol–water partition coefficient (Wildman–Crippen LogP) is 1.69. The molecule has 1 fully saturated rings. The summed E-state index contributed by atoms with van der Waals surface area (Å²) in [6.45, 7) is 5.62. The normalized spacial score (nSPS) is 17.4. The van der Waals surface area contributed by atoms with Gasteiger partial charge in [-0.3, -0.25) is 0 Å². The molecule has 0 spiro atoms. The monoisotopic (exact) mass is 294 g/mol. The number of sulfonamides is 1. The van der Waals surface area contributed by atoms with Crippen molar-refractivity contribution in [2.24, 2.45) is 0 Å². The van der Waals surface area contributed by atoms with Crippen molar-refractivity contribution in [3.8, 4) is 0 Å². The molecule has 17 heavy (non-hydrogen) atoms. The van der Waals surface area contributed by atoms with Gasteiger partial charge in [0, 0.05) is 19.6 Å². The Kier molecular flexibility index (Phi) is 3.80. The van der Waals surface area contributed by atoms with Crippen LogP contribution in [0.2, 0.25) is 4.34 Å². The van der Waals surface area contributed by atoms with Gasteiger partial charge in [-0.25, -0.2) is 8.42 Å². The first kappa shape index (κ1) is 13.3. The Hall–Kier alpha value is -0.140. The minimum Gasteiger partial charge on any atom is -0.313 e. The highest BCUT2D eigenvalue weighted by molar-refractivity contribution is 7.91. The Morgan fingerprint density at radius 1 is 1.59 bits per heavy atom. The van der Waals surface area contributed by atoms with E-state index < -0.39 is 10.0 Å². The van der Waals surface area contributed by atoms with E-state index >= 15 is 0 Å². The number of likely N-dealkylation sites (N-methyl/N-ethyl adjacent to an activating group) is 1. The molecule has 0 radical (unpaired) electrons. The summed E-state index contributed by atoms with van der Waals surface area (Å²) in [6.07, 6.45) is 0. The first-order valence-electron chi connectivity index (χ1n) is 5.45. The van der Waals surface area contributed by atoms with Crippen molar-refractivity contribution in [1.82, 2.24) is 9.62 Å². The Labute approximate surface area is 111 Å². The predicted molar refractivity (Wildman–Crippen MR) is 70.3 cm³/mol. The Morgan fingerprint density at radius 3 is 2.59 bits per heavy atom. The van der Waals surface area contributed by atoms with E-state index in [1.165, 1.54) is 0 Å². The highest BCUT2D eigenvalue weighted by Gasteiger charge is 2.34. The van der Waals surface area contributed by atoms with Crippen LogP contribution in [0.5, 0.6) is 0 Å². The van der Waals surface area contributed by atoms with Gasteiger partial charge in [0.2, 0.25) is 0 Å². The molecule has 0 aromatic carbocycles. The lowest BCUT2D eigenvalue weighted by atomic mass is 10.2. The van der Waals surface area contributed by atoms with E-state index in [1.54, 1.807) is 10.4 Å². The molecule has 0 saturated carbocycles. The van der Waals surface area contributed by atoms with Gasteiger partial charge in [0.05, 0.1) is 10.4 Å². The molecule has 7 heteroatoms. The Bertz CT molecular complexity index is 489. The fraction of sp³-hybridized carbons (Fsp3) is 0.600. The van der Waals surface area contributed by atoms with E-state index in [1.807, 2.05) is 13.8 Å². The van der Waals surface area contributed by atoms with Crippen LogP contribution in [0.25, 0.3) is 0 Å². The van der Waals surface area contributed by atoms with Crippen LogP contribution < -0.4 is 5.32 Å². The fourth-order valence-electron chi connectivity index (χ4n) is 1.78. The average molecular weight is 295 g/mol. The van der Waals surface area contributed by atoms with Gasteiger partial charge in [-0.2, -0.15) is 4.31 Å². The minimum absolute atomic E-state index is 0.0752. The highest BCUT2D eigenvalue weighted by atomic mass is 35.5. The van der Waals surface area contributed by atoms with E-state index in [0.29, 0.717) is 15.1 Å². The van der Waals surface area contributed by atoms with Crippen LogP contribution in [0.4, 0.5) is 0 Å². The molecule has 1 aromatic heterocycles. The van der Waals surface area contributed by atoms with Gasteiger partial charge < -0.3 is 5.32 Å². The molecule has 2 heterocycles. The second-order valence-electron chi connectivity index (χ2n) is 4.04. The van der Waals surface area contributed by atoms with Crippen LogP contribution in [-0.2, 0) is 10.0 Å². The largest absolute Gasteiger partial charge is 0.313 e. The Morgan fingerprint density at radius 2 is 2.24 bits per heavy atom. The number of nitrogens with one attached hydrogen (secondary N) is 1. The molecule has 0 unspecified atom stereocenters. The molecule has 0 bridgehead atoms. The number of rotatable bonds is 4. The van der Waals surface area contributed by atoms with Gasteiger partial charge in [-0.15, -0.1) is 11.3 Å². The number of aryl methyl sites for hydroxylation is 1. The number of hydrogen-bond donors (Lipinski definition) is 1. The number of halogens is 1. The lowest BCUT2D eigenvalue weighted by Crippen LogP contribution is -2.58. The van der Waals surface area contributed by atoms with E-state index in [2.05, 4.69) is 5.32 Å². The molecule has 96 valence electrons. The van der Waals surface area contributed by atoms with Crippen LogP contribution in [0.1, 0.15) is 12.5 Å². The van der Waals surface area contributed by atoms with Gasteiger partial charge in [-0.05, 0) is 18.6 Å². The number of thiophene rings is 1. The van der Waals surface area contributed by atoms with Crippen molar-refractivity contribution in [3.63, 3.8) is 0 Å². The third kappa shape index (κ3) is 2.37. The van der Waals surface area contributed by atoms with Crippen molar-refractivity contribution in [3.05, 3.63) is 16.0 Å². The SMILES string of the molecule is CCN(C1CNC1)S(=O)(=O)c1cc(C)c(Cl)s1. The molecule has 1 aliphatic rings. The van der Waals surface area contributed by atoms with E-state index in [4.69, 9.17) is 11.6 Å². The first-order chi connectivity index (χ1) is 7.96. The van der Waals surface area contributed by atoms with Crippen molar-refractivity contribution in [1.29, 1.82) is 0 Å². The van der Waals surface area contributed by atoms with Gasteiger partial charge in [-0.1, -0.05) is 18.5 Å². The van der Waals surface area contributed by atoms with E-state index in [-0.39, 0.29) is 6.04 Å². The number of hydrogen-bond acceptors (Lipinski definition) is 4. The maximum Gasteiger partial charge on any atom is 0.252 e. The summed E-state index contributed by atoms with van der Waals surface area (Å²) in [5.74, 6) is 0. The molecule has 1 aliphatic heterocycles. The third-order valence-corrected chi connectivity index (χ3v) is 6.91. The maximum absolute atomic E-state index is 12.4. The van der Waals surface area contributed by atoms with Crippen LogP contribution in [-0.4, -0.2) is 38.4 Å². The molecular formula is C10H15ClN2O2S2. The molecule has 2 rings (SSSR count). The summed E-state index contributed by atoms with van der Waals surface area (Å²) in [6, 6.07) is 1.73. The molecular weight excluding hydrogens is 280 g/mol. The van der Waals surface area contributed by atoms with Crippen LogP contribution in [0.3, 0.4) is 0 Å². The maximum atomic E-state index is 12.4. The molecule has 1 saturated heterocycles. The van der Waals surface area contributed by atoms with E-state index in [0.717, 1.165) is 30.0 Å². The molecule has 1 N–H and O–H groups in total. The van der Waals surface area contributed by atoms with Crippen molar-refractivity contribution < 1.29 is 8.42 Å². The molecule has 1 aromatic rings. The van der Waals surface area contributed by atoms with Gasteiger partial charge in [0.15, 0.2) is 0 Å². The third-order valence-electron chi connectivity index (χ3n) is 2.88. The molecule has 0 aliphatic carbocycles. The molecule has 0 amide bonds. The zero-order valence-electron chi connectivity index (χ0n) is 9.73. The smallest absolute Gasteiger partial charge is 0.252 e. The summed E-state index contributed by atoms with van der Waals surface area (Å²) in [5.41, 5.74) is 0.818. The lowest BCUT2D eigenvalue weighted by Gasteiger charge is -2.36.